The van der Waals surface area contributed by atoms with Crippen molar-refractivity contribution >= 4 is 11.6 Å². The van der Waals surface area contributed by atoms with E-state index in [1.807, 2.05) is 0 Å². The summed E-state index contributed by atoms with van der Waals surface area (Å²) in [5, 5.41) is 2.49. The van der Waals surface area contributed by atoms with Gasteiger partial charge in [0.2, 0.25) is 0 Å². The molecule has 0 aromatic heterocycles. The summed E-state index contributed by atoms with van der Waals surface area (Å²) in [6.07, 6.45) is 0.585. The Bertz CT molecular complexity index is 322. The van der Waals surface area contributed by atoms with Crippen LogP contribution in [0.4, 0.5) is 4.39 Å². The number of ether oxygens (including phenoxy) is 1. The SMILES string of the molecule is Fc1ccc(CC2(Cl)CNCCO2)cc1. The molecule has 2 nitrogen and oxygen atoms in total. The molecule has 0 amide bonds. The van der Waals surface area contributed by atoms with Gasteiger partial charge in [-0.3, -0.25) is 0 Å². The number of hydrogen-bond acceptors (Lipinski definition) is 2. The van der Waals surface area contributed by atoms with E-state index in [2.05, 4.69) is 5.32 Å². The molecule has 1 aromatic carbocycles. The first kappa shape index (κ1) is 10.9. The highest BCUT2D eigenvalue weighted by Gasteiger charge is 2.30. The molecule has 0 saturated carbocycles. The zero-order chi connectivity index (χ0) is 10.7. The van der Waals surface area contributed by atoms with Gasteiger partial charge in [-0.1, -0.05) is 23.7 Å². The topological polar surface area (TPSA) is 21.3 Å². The Hall–Kier alpha value is -0.640. The number of hydrogen-bond donors (Lipinski definition) is 1. The van der Waals surface area contributed by atoms with Gasteiger partial charge in [0.05, 0.1) is 6.61 Å². The standard InChI is InChI=1S/C11H13ClFNO/c12-11(8-14-5-6-15-11)7-9-1-3-10(13)4-2-9/h1-4,14H,5-8H2. The van der Waals surface area contributed by atoms with Crippen LogP contribution in [-0.4, -0.2) is 24.8 Å². The first-order chi connectivity index (χ1) is 7.18. The molecule has 0 aliphatic carbocycles. The van der Waals surface area contributed by atoms with E-state index in [4.69, 9.17) is 16.3 Å². The van der Waals surface area contributed by atoms with Gasteiger partial charge in [0.25, 0.3) is 0 Å². The highest BCUT2D eigenvalue weighted by atomic mass is 35.5. The first-order valence-corrected chi connectivity index (χ1v) is 5.34. The zero-order valence-corrected chi connectivity index (χ0v) is 9.06. The Balaban J connectivity index is 2.03. The average Bonchev–Trinajstić information content (AvgIpc) is 2.22. The molecule has 1 aromatic rings. The molecule has 0 spiro atoms. The third-order valence-electron chi connectivity index (χ3n) is 2.41. The summed E-state index contributed by atoms with van der Waals surface area (Å²) in [6, 6.07) is 6.34. The summed E-state index contributed by atoms with van der Waals surface area (Å²) in [5.74, 6) is -0.231. The Kier molecular flexibility index (Phi) is 3.24. The van der Waals surface area contributed by atoms with Gasteiger partial charge in [-0.25, -0.2) is 4.39 Å². The Labute approximate surface area is 93.4 Å². The van der Waals surface area contributed by atoms with Crippen molar-refractivity contribution in [2.24, 2.45) is 0 Å². The smallest absolute Gasteiger partial charge is 0.158 e. The summed E-state index contributed by atoms with van der Waals surface area (Å²) >= 11 is 6.27. The minimum absolute atomic E-state index is 0.231. The number of alkyl halides is 1. The summed E-state index contributed by atoms with van der Waals surface area (Å²) in [7, 11) is 0. The second kappa shape index (κ2) is 4.47. The highest BCUT2D eigenvalue weighted by molar-refractivity contribution is 6.23. The quantitative estimate of drug-likeness (QED) is 0.783. The van der Waals surface area contributed by atoms with E-state index in [1.165, 1.54) is 12.1 Å². The molecule has 0 bridgehead atoms. The zero-order valence-electron chi connectivity index (χ0n) is 8.30. The fourth-order valence-electron chi connectivity index (χ4n) is 1.65. The van der Waals surface area contributed by atoms with Crippen molar-refractivity contribution in [1.82, 2.24) is 5.32 Å². The van der Waals surface area contributed by atoms with E-state index >= 15 is 0 Å². The second-order valence-corrected chi connectivity index (χ2v) is 4.40. The lowest BCUT2D eigenvalue weighted by molar-refractivity contribution is -0.00362. The van der Waals surface area contributed by atoms with Gasteiger partial charge in [-0.05, 0) is 17.7 Å². The van der Waals surface area contributed by atoms with Crippen molar-refractivity contribution in [2.75, 3.05) is 19.7 Å². The number of nitrogens with one attached hydrogen (secondary N) is 1. The van der Waals surface area contributed by atoms with Crippen LogP contribution in [0, 0.1) is 5.82 Å². The fraction of sp³-hybridized carbons (Fsp3) is 0.455. The van der Waals surface area contributed by atoms with Crippen molar-refractivity contribution in [3.63, 3.8) is 0 Å². The molecule has 1 aliphatic rings. The maximum absolute atomic E-state index is 12.7. The molecule has 1 heterocycles. The molecule has 1 unspecified atom stereocenters. The van der Waals surface area contributed by atoms with Crippen molar-refractivity contribution in [3.8, 4) is 0 Å². The van der Waals surface area contributed by atoms with Crippen molar-refractivity contribution < 1.29 is 9.13 Å². The molecule has 1 saturated heterocycles. The van der Waals surface area contributed by atoms with Crippen molar-refractivity contribution in [2.45, 2.75) is 11.5 Å². The largest absolute Gasteiger partial charge is 0.357 e. The fourth-order valence-corrected chi connectivity index (χ4v) is 1.98. The normalized spacial score (nSPS) is 26.5. The molecule has 0 radical (unpaired) electrons. The lowest BCUT2D eigenvalue weighted by Gasteiger charge is -2.32. The first-order valence-electron chi connectivity index (χ1n) is 4.96. The number of halogens is 2. The summed E-state index contributed by atoms with van der Waals surface area (Å²) in [5.41, 5.74) is 0.982. The Morgan fingerprint density at radius 1 is 1.40 bits per heavy atom. The van der Waals surface area contributed by atoms with Gasteiger partial charge < -0.3 is 10.1 Å². The molecule has 1 aliphatic heterocycles. The van der Waals surface area contributed by atoms with Crippen LogP contribution in [0.1, 0.15) is 5.56 Å². The molecule has 1 N–H and O–H groups in total. The molecule has 15 heavy (non-hydrogen) atoms. The Morgan fingerprint density at radius 2 is 2.13 bits per heavy atom. The molecular formula is C11H13ClFNO. The van der Waals surface area contributed by atoms with Gasteiger partial charge in [0, 0.05) is 19.5 Å². The van der Waals surface area contributed by atoms with Gasteiger partial charge in [-0.2, -0.15) is 0 Å². The lowest BCUT2D eigenvalue weighted by Crippen LogP contribution is -2.47. The van der Waals surface area contributed by atoms with Crippen LogP contribution in [-0.2, 0) is 11.2 Å². The van der Waals surface area contributed by atoms with Crippen LogP contribution in [0.5, 0.6) is 0 Å². The van der Waals surface area contributed by atoms with E-state index < -0.39 is 5.06 Å². The maximum atomic E-state index is 12.7. The number of morpholine rings is 1. The van der Waals surface area contributed by atoms with E-state index in [-0.39, 0.29) is 5.82 Å². The summed E-state index contributed by atoms with van der Waals surface area (Å²) in [6.45, 7) is 2.06. The molecular weight excluding hydrogens is 217 g/mol. The molecule has 4 heteroatoms. The van der Waals surface area contributed by atoms with Gasteiger partial charge >= 0.3 is 0 Å². The summed E-state index contributed by atoms with van der Waals surface area (Å²) in [4.78, 5) is 0. The van der Waals surface area contributed by atoms with Crippen LogP contribution < -0.4 is 5.32 Å². The lowest BCUT2D eigenvalue weighted by atomic mass is 10.1. The van der Waals surface area contributed by atoms with E-state index in [0.29, 0.717) is 19.6 Å². The van der Waals surface area contributed by atoms with Crippen LogP contribution >= 0.6 is 11.6 Å². The average molecular weight is 230 g/mol. The second-order valence-electron chi connectivity index (χ2n) is 3.71. The van der Waals surface area contributed by atoms with E-state index in [0.717, 1.165) is 12.1 Å². The van der Waals surface area contributed by atoms with E-state index in [1.54, 1.807) is 12.1 Å². The van der Waals surface area contributed by atoms with Gasteiger partial charge in [0.15, 0.2) is 5.06 Å². The van der Waals surface area contributed by atoms with Crippen molar-refractivity contribution in [3.05, 3.63) is 35.6 Å². The molecule has 1 atom stereocenters. The van der Waals surface area contributed by atoms with Crippen molar-refractivity contribution in [1.29, 1.82) is 0 Å². The molecule has 2 rings (SSSR count). The minimum Gasteiger partial charge on any atom is -0.357 e. The van der Waals surface area contributed by atoms with E-state index in [9.17, 15) is 4.39 Å². The van der Waals surface area contributed by atoms with Crippen LogP contribution in [0.15, 0.2) is 24.3 Å². The van der Waals surface area contributed by atoms with Crippen LogP contribution in [0.3, 0.4) is 0 Å². The van der Waals surface area contributed by atoms with Crippen LogP contribution in [0.25, 0.3) is 0 Å². The van der Waals surface area contributed by atoms with Gasteiger partial charge in [0.1, 0.15) is 5.82 Å². The Morgan fingerprint density at radius 3 is 2.73 bits per heavy atom. The third-order valence-corrected chi connectivity index (χ3v) is 2.79. The maximum Gasteiger partial charge on any atom is 0.158 e. The monoisotopic (exact) mass is 229 g/mol. The predicted octanol–water partition coefficient (Wildman–Crippen LogP) is 1.92. The molecule has 82 valence electrons. The predicted molar refractivity (Wildman–Crippen MR) is 57.5 cm³/mol. The number of rotatable bonds is 2. The third kappa shape index (κ3) is 2.91. The minimum atomic E-state index is -0.684. The van der Waals surface area contributed by atoms with Gasteiger partial charge in [-0.15, -0.1) is 0 Å². The molecule has 1 fully saturated rings. The highest BCUT2D eigenvalue weighted by Crippen LogP contribution is 2.24. The van der Waals surface area contributed by atoms with Crippen LogP contribution in [0.2, 0.25) is 0 Å². The number of benzene rings is 1. The summed E-state index contributed by atoms with van der Waals surface area (Å²) < 4.78 is 18.2.